The van der Waals surface area contributed by atoms with Gasteiger partial charge in [0.25, 0.3) is 0 Å². The van der Waals surface area contributed by atoms with Crippen LogP contribution in [0.15, 0.2) is 18.2 Å². The zero-order chi connectivity index (χ0) is 17.9. The van der Waals surface area contributed by atoms with Crippen molar-refractivity contribution in [1.29, 1.82) is 0 Å². The Labute approximate surface area is 161 Å². The van der Waals surface area contributed by atoms with Crippen LogP contribution in [-0.4, -0.2) is 53.9 Å². The molecule has 2 atom stereocenters. The molecule has 2 fully saturated rings. The molecule has 142 valence electrons. The largest absolute Gasteiger partial charge is 0.454 e. The lowest BCUT2D eigenvalue weighted by atomic mass is 9.86. The maximum absolute atomic E-state index is 5.70. The first-order chi connectivity index (χ1) is 12.7. The summed E-state index contributed by atoms with van der Waals surface area (Å²) in [5.74, 6) is 2.45. The van der Waals surface area contributed by atoms with E-state index in [1.54, 1.807) is 0 Å². The van der Waals surface area contributed by atoms with Crippen molar-refractivity contribution in [3.63, 3.8) is 0 Å². The van der Waals surface area contributed by atoms with E-state index in [1.807, 2.05) is 6.07 Å². The number of piperazine rings is 1. The van der Waals surface area contributed by atoms with Gasteiger partial charge in [-0.1, -0.05) is 25.8 Å². The molecule has 4 rings (SSSR count). The van der Waals surface area contributed by atoms with Crippen molar-refractivity contribution < 1.29 is 9.47 Å². The molecular weight excluding hydrogens is 346 g/mol. The van der Waals surface area contributed by atoms with E-state index in [0.717, 1.165) is 55.3 Å². The molecule has 6 heteroatoms. The van der Waals surface area contributed by atoms with E-state index < -0.39 is 0 Å². The Morgan fingerprint density at radius 2 is 1.88 bits per heavy atom. The predicted octanol–water partition coefficient (Wildman–Crippen LogP) is 2.99. The van der Waals surface area contributed by atoms with Gasteiger partial charge in [-0.2, -0.15) is 0 Å². The SMILES string of the molecule is C[C@H]1CCCC[C@H]1NC(=S)N1CCN(Cc2ccc3c(c2)OCO3)CC1. The number of nitrogens with zero attached hydrogens (tertiary/aromatic N) is 2. The van der Waals surface area contributed by atoms with Gasteiger partial charge in [-0.25, -0.2) is 0 Å². The number of benzene rings is 1. The van der Waals surface area contributed by atoms with E-state index in [4.69, 9.17) is 21.7 Å². The van der Waals surface area contributed by atoms with Crippen molar-refractivity contribution >= 4 is 17.3 Å². The topological polar surface area (TPSA) is 37.0 Å². The van der Waals surface area contributed by atoms with Crippen LogP contribution in [0.5, 0.6) is 11.5 Å². The molecule has 0 spiro atoms. The molecule has 1 saturated heterocycles. The van der Waals surface area contributed by atoms with Gasteiger partial charge in [-0.15, -0.1) is 0 Å². The van der Waals surface area contributed by atoms with Crippen LogP contribution in [0, 0.1) is 5.92 Å². The molecule has 1 saturated carbocycles. The van der Waals surface area contributed by atoms with Crippen LogP contribution in [0.1, 0.15) is 38.2 Å². The number of fused-ring (bicyclic) bond motifs is 1. The summed E-state index contributed by atoms with van der Waals surface area (Å²) in [6, 6.07) is 6.81. The minimum Gasteiger partial charge on any atom is -0.454 e. The molecule has 1 aromatic rings. The number of hydrogen-bond donors (Lipinski definition) is 1. The molecular formula is C20H29N3O2S. The number of ether oxygens (including phenoxy) is 2. The van der Waals surface area contributed by atoms with Crippen molar-refractivity contribution in [1.82, 2.24) is 15.1 Å². The van der Waals surface area contributed by atoms with Gasteiger partial charge in [0.15, 0.2) is 16.6 Å². The van der Waals surface area contributed by atoms with Gasteiger partial charge in [0.1, 0.15) is 0 Å². The lowest BCUT2D eigenvalue weighted by Gasteiger charge is -2.39. The van der Waals surface area contributed by atoms with E-state index in [1.165, 1.54) is 31.2 Å². The lowest BCUT2D eigenvalue weighted by molar-refractivity contribution is 0.170. The predicted molar refractivity (Wildman–Crippen MR) is 107 cm³/mol. The van der Waals surface area contributed by atoms with Crippen LogP contribution < -0.4 is 14.8 Å². The van der Waals surface area contributed by atoms with Gasteiger partial charge in [0.05, 0.1) is 0 Å². The summed E-state index contributed by atoms with van der Waals surface area (Å²) in [5.41, 5.74) is 1.28. The zero-order valence-corrected chi connectivity index (χ0v) is 16.4. The van der Waals surface area contributed by atoms with Gasteiger partial charge in [-0.3, -0.25) is 4.90 Å². The van der Waals surface area contributed by atoms with E-state index >= 15 is 0 Å². The summed E-state index contributed by atoms with van der Waals surface area (Å²) in [5, 5.41) is 4.59. The van der Waals surface area contributed by atoms with Crippen LogP contribution >= 0.6 is 12.2 Å². The third-order valence-corrected chi connectivity index (χ3v) is 6.30. The minimum absolute atomic E-state index is 0.335. The molecule has 2 aliphatic heterocycles. The third kappa shape index (κ3) is 4.07. The second kappa shape index (κ2) is 8.01. The average Bonchev–Trinajstić information content (AvgIpc) is 3.12. The van der Waals surface area contributed by atoms with Gasteiger partial charge in [0.2, 0.25) is 6.79 Å². The fraction of sp³-hybridized carbons (Fsp3) is 0.650. The van der Waals surface area contributed by atoms with Crippen molar-refractivity contribution in [2.24, 2.45) is 5.92 Å². The molecule has 1 aromatic carbocycles. The van der Waals surface area contributed by atoms with E-state index in [-0.39, 0.29) is 0 Å². The summed E-state index contributed by atoms with van der Waals surface area (Å²) in [4.78, 5) is 4.83. The molecule has 0 aromatic heterocycles. The Morgan fingerprint density at radius 3 is 2.69 bits per heavy atom. The first-order valence-corrected chi connectivity index (χ1v) is 10.3. The van der Waals surface area contributed by atoms with E-state index in [9.17, 15) is 0 Å². The highest BCUT2D eigenvalue weighted by molar-refractivity contribution is 7.80. The summed E-state index contributed by atoms with van der Waals surface area (Å²) in [7, 11) is 0. The smallest absolute Gasteiger partial charge is 0.231 e. The van der Waals surface area contributed by atoms with E-state index in [2.05, 4.69) is 34.2 Å². The molecule has 0 amide bonds. The Bertz CT molecular complexity index is 646. The van der Waals surface area contributed by atoms with Crippen molar-refractivity contribution in [2.45, 2.75) is 45.2 Å². The average molecular weight is 376 g/mol. The first kappa shape index (κ1) is 17.9. The molecule has 0 bridgehead atoms. The molecule has 3 aliphatic rings. The highest BCUT2D eigenvalue weighted by Gasteiger charge is 2.25. The molecule has 0 unspecified atom stereocenters. The normalized spacial score (nSPS) is 26.0. The molecule has 1 aliphatic carbocycles. The van der Waals surface area contributed by atoms with Crippen LogP contribution in [0.25, 0.3) is 0 Å². The van der Waals surface area contributed by atoms with Gasteiger partial charge < -0.3 is 19.7 Å². The quantitative estimate of drug-likeness (QED) is 0.819. The molecule has 2 heterocycles. The Balaban J connectivity index is 1.25. The van der Waals surface area contributed by atoms with Crippen molar-refractivity contribution in [3.8, 4) is 11.5 Å². The van der Waals surface area contributed by atoms with Gasteiger partial charge in [0, 0.05) is 38.8 Å². The number of rotatable bonds is 3. The highest BCUT2D eigenvalue weighted by atomic mass is 32.1. The maximum Gasteiger partial charge on any atom is 0.231 e. The third-order valence-electron chi connectivity index (χ3n) is 5.92. The summed E-state index contributed by atoms with van der Waals surface area (Å²) in [6.45, 7) is 7.70. The Kier molecular flexibility index (Phi) is 5.50. The highest BCUT2D eigenvalue weighted by Crippen LogP contribution is 2.32. The van der Waals surface area contributed by atoms with Crippen LogP contribution in [0.3, 0.4) is 0 Å². The van der Waals surface area contributed by atoms with E-state index in [0.29, 0.717) is 12.8 Å². The van der Waals surface area contributed by atoms with Gasteiger partial charge in [-0.05, 0) is 48.7 Å². The fourth-order valence-corrected chi connectivity index (χ4v) is 4.52. The molecule has 1 N–H and O–H groups in total. The molecule has 5 nitrogen and oxygen atoms in total. The standard InChI is InChI=1S/C20H29N3O2S/c1-15-4-2-3-5-17(15)21-20(26)23-10-8-22(9-11-23)13-16-6-7-18-19(12-16)25-14-24-18/h6-7,12,15,17H,2-5,8-11,13-14H2,1H3,(H,21,26)/t15-,17+/m0/s1. The van der Waals surface area contributed by atoms with Gasteiger partial charge >= 0.3 is 0 Å². The maximum atomic E-state index is 5.70. The molecule has 26 heavy (non-hydrogen) atoms. The first-order valence-electron chi connectivity index (χ1n) is 9.85. The summed E-state index contributed by atoms with van der Waals surface area (Å²) >= 11 is 5.70. The van der Waals surface area contributed by atoms with Crippen molar-refractivity contribution in [3.05, 3.63) is 23.8 Å². The Morgan fingerprint density at radius 1 is 1.12 bits per heavy atom. The van der Waals surface area contributed by atoms with Crippen molar-refractivity contribution in [2.75, 3.05) is 33.0 Å². The second-order valence-electron chi connectivity index (χ2n) is 7.77. The Hall–Kier alpha value is -1.53. The van der Waals surface area contributed by atoms with Crippen LogP contribution in [0.2, 0.25) is 0 Å². The minimum atomic E-state index is 0.335. The fourth-order valence-electron chi connectivity index (χ4n) is 4.19. The zero-order valence-electron chi connectivity index (χ0n) is 15.6. The second-order valence-corrected chi connectivity index (χ2v) is 8.16. The number of hydrogen-bond acceptors (Lipinski definition) is 4. The summed E-state index contributed by atoms with van der Waals surface area (Å²) in [6.07, 6.45) is 5.27. The van der Waals surface area contributed by atoms with Crippen LogP contribution in [-0.2, 0) is 6.54 Å². The summed E-state index contributed by atoms with van der Waals surface area (Å²) < 4.78 is 10.9. The van der Waals surface area contributed by atoms with Crippen LogP contribution in [0.4, 0.5) is 0 Å². The number of nitrogens with one attached hydrogen (secondary N) is 1. The lowest BCUT2D eigenvalue weighted by Crippen LogP contribution is -2.54. The monoisotopic (exact) mass is 375 g/mol. The molecule has 0 radical (unpaired) electrons. The number of thiocarbonyl (C=S) groups is 1.